The zero-order valence-corrected chi connectivity index (χ0v) is 19.7. The topological polar surface area (TPSA) is 87.2 Å². The van der Waals surface area contributed by atoms with Gasteiger partial charge in [0.2, 0.25) is 0 Å². The van der Waals surface area contributed by atoms with Crippen LogP contribution in [0.15, 0.2) is 47.4 Å². The molecule has 2 aromatic heterocycles. The number of aliphatic hydroxyl groups is 1. The van der Waals surface area contributed by atoms with E-state index in [9.17, 15) is 9.90 Å². The van der Waals surface area contributed by atoms with E-state index in [1.54, 1.807) is 56.6 Å². The molecule has 2 aromatic carbocycles. The third kappa shape index (κ3) is 4.68. The minimum atomic E-state index is -0.752. The minimum Gasteiger partial charge on any atom is -0.381 e. The average Bonchev–Trinajstić information content (AvgIpc) is 2.79. The van der Waals surface area contributed by atoms with Gasteiger partial charge in [0.15, 0.2) is 0 Å². The van der Waals surface area contributed by atoms with Crippen molar-refractivity contribution in [3.05, 3.63) is 74.1 Å². The number of halogens is 2. The van der Waals surface area contributed by atoms with Crippen molar-refractivity contribution in [2.45, 2.75) is 26.1 Å². The van der Waals surface area contributed by atoms with Crippen molar-refractivity contribution in [2.75, 3.05) is 12.4 Å². The predicted molar refractivity (Wildman–Crippen MR) is 134 cm³/mol. The fraction of sp³-hybridized carbons (Fsp3) is 0.200. The van der Waals surface area contributed by atoms with E-state index in [1.165, 1.54) is 0 Å². The highest BCUT2D eigenvalue weighted by Gasteiger charge is 2.16. The molecule has 8 heteroatoms. The van der Waals surface area contributed by atoms with Crippen LogP contribution in [-0.2, 0) is 4.74 Å². The second-order valence-corrected chi connectivity index (χ2v) is 8.41. The Kier molecular flexibility index (Phi) is 6.59. The third-order valence-corrected chi connectivity index (χ3v) is 5.87. The Morgan fingerprint density at radius 3 is 2.52 bits per heavy atom. The Morgan fingerprint density at radius 1 is 1.12 bits per heavy atom. The largest absolute Gasteiger partial charge is 0.381 e. The number of hydrogen-bond donors (Lipinski definition) is 3. The Hall–Kier alpha value is -3.08. The number of anilines is 2. The zero-order valence-electron chi connectivity index (χ0n) is 18.2. The van der Waals surface area contributed by atoms with Gasteiger partial charge in [0.05, 0.1) is 32.7 Å². The van der Waals surface area contributed by atoms with Crippen LogP contribution in [-0.4, -0.2) is 28.3 Å². The first-order chi connectivity index (χ1) is 15.8. The van der Waals surface area contributed by atoms with E-state index in [2.05, 4.69) is 22.1 Å². The molecule has 4 rings (SSSR count). The van der Waals surface area contributed by atoms with E-state index >= 15 is 0 Å². The maximum Gasteiger partial charge on any atom is 0.256 e. The predicted octanol–water partition coefficient (Wildman–Crippen LogP) is 5.57. The maximum absolute atomic E-state index is 12.8. The van der Waals surface area contributed by atoms with Crippen molar-refractivity contribution in [1.82, 2.24) is 9.97 Å². The molecule has 0 spiro atoms. The average molecular weight is 482 g/mol. The molecule has 0 saturated heterocycles. The maximum atomic E-state index is 12.8. The second kappa shape index (κ2) is 9.42. The summed E-state index contributed by atoms with van der Waals surface area (Å²) in [5, 5.41) is 15.2. The van der Waals surface area contributed by atoms with Gasteiger partial charge in [-0.25, -0.2) is 4.98 Å². The van der Waals surface area contributed by atoms with Gasteiger partial charge in [0.25, 0.3) is 5.56 Å². The summed E-state index contributed by atoms with van der Waals surface area (Å²) in [6.07, 6.45) is 0.643. The van der Waals surface area contributed by atoms with E-state index in [4.69, 9.17) is 32.9 Å². The first-order valence-electron chi connectivity index (χ1n) is 10.2. The molecule has 0 saturated carbocycles. The number of methoxy groups -OCH3 is 1. The van der Waals surface area contributed by atoms with Crippen molar-refractivity contribution in [3.63, 3.8) is 0 Å². The second-order valence-electron chi connectivity index (χ2n) is 7.60. The number of nitrogens with one attached hydrogen (secondary N) is 2. The van der Waals surface area contributed by atoms with Crippen molar-refractivity contribution in [3.8, 4) is 11.8 Å². The molecule has 6 nitrogen and oxygen atoms in total. The number of nitrogens with zero attached hydrogens (tertiary/aromatic N) is 1. The molecule has 0 aliphatic carbocycles. The van der Waals surface area contributed by atoms with Gasteiger partial charge >= 0.3 is 0 Å². The highest BCUT2D eigenvalue weighted by Crippen LogP contribution is 2.38. The number of H-pyrrole nitrogens is 1. The monoisotopic (exact) mass is 481 g/mol. The fourth-order valence-corrected chi connectivity index (χ4v) is 4.12. The molecule has 168 valence electrons. The van der Waals surface area contributed by atoms with Gasteiger partial charge in [0.1, 0.15) is 11.9 Å². The van der Waals surface area contributed by atoms with Gasteiger partial charge in [0, 0.05) is 29.6 Å². The molecule has 0 aliphatic rings. The van der Waals surface area contributed by atoms with Gasteiger partial charge in [-0.1, -0.05) is 35.0 Å². The number of aromatic amines is 1. The normalized spacial score (nSPS) is 12.9. The number of aromatic nitrogens is 2. The number of hydrogen-bond acceptors (Lipinski definition) is 5. The van der Waals surface area contributed by atoms with Gasteiger partial charge in [-0.3, -0.25) is 4.79 Å². The molecule has 3 N–H and O–H groups in total. The number of benzene rings is 2. The van der Waals surface area contributed by atoms with Crippen LogP contribution < -0.4 is 10.9 Å². The molecule has 2 atom stereocenters. The summed E-state index contributed by atoms with van der Waals surface area (Å²) in [5.74, 6) is 6.07. The molecule has 0 bridgehead atoms. The Labute approximate surface area is 200 Å². The lowest BCUT2D eigenvalue weighted by Gasteiger charge is -2.16. The molecule has 4 aromatic rings. The molecule has 33 heavy (non-hydrogen) atoms. The lowest BCUT2D eigenvalue weighted by Crippen LogP contribution is -2.08. The highest BCUT2D eigenvalue weighted by atomic mass is 35.5. The van der Waals surface area contributed by atoms with Crippen molar-refractivity contribution in [1.29, 1.82) is 0 Å². The number of aliphatic hydroxyl groups excluding tert-OH is 1. The van der Waals surface area contributed by atoms with Crippen LogP contribution in [0.2, 0.25) is 10.0 Å². The zero-order chi connectivity index (χ0) is 23.7. The third-order valence-electron chi connectivity index (χ3n) is 5.27. The summed E-state index contributed by atoms with van der Waals surface area (Å²) in [4.78, 5) is 20.3. The van der Waals surface area contributed by atoms with Crippen LogP contribution in [0.25, 0.3) is 21.7 Å². The minimum absolute atomic E-state index is 0.168. The molecule has 0 unspecified atom stereocenters. The Balaban J connectivity index is 1.89. The fourth-order valence-electron chi connectivity index (χ4n) is 3.52. The van der Waals surface area contributed by atoms with E-state index < -0.39 is 6.10 Å². The lowest BCUT2D eigenvalue weighted by atomic mass is 10.0. The molecule has 0 amide bonds. The van der Waals surface area contributed by atoms with Crippen LogP contribution in [0.3, 0.4) is 0 Å². The first-order valence-corrected chi connectivity index (χ1v) is 11.0. The summed E-state index contributed by atoms with van der Waals surface area (Å²) >= 11 is 13.1. The summed E-state index contributed by atoms with van der Waals surface area (Å²) < 4.78 is 5.35. The van der Waals surface area contributed by atoms with Crippen LogP contribution in [0.5, 0.6) is 0 Å². The summed E-state index contributed by atoms with van der Waals surface area (Å²) in [6.45, 7) is 3.49. The van der Waals surface area contributed by atoms with Gasteiger partial charge in [-0.15, -0.1) is 0 Å². The summed E-state index contributed by atoms with van der Waals surface area (Å²) in [7, 11) is 1.61. The van der Waals surface area contributed by atoms with Crippen molar-refractivity contribution < 1.29 is 9.84 Å². The molecule has 0 fully saturated rings. The Morgan fingerprint density at radius 2 is 1.85 bits per heavy atom. The molecule has 0 aliphatic heterocycles. The summed E-state index contributed by atoms with van der Waals surface area (Å²) in [6, 6.07) is 10.7. The number of rotatable bonds is 4. The quantitative estimate of drug-likeness (QED) is 0.262. The van der Waals surface area contributed by atoms with E-state index in [-0.39, 0.29) is 11.7 Å². The van der Waals surface area contributed by atoms with E-state index in [0.717, 1.165) is 5.56 Å². The number of fused-ring (bicyclic) bond motifs is 3. The lowest BCUT2D eigenvalue weighted by molar-refractivity contribution is 0.119. The molecule has 2 heterocycles. The van der Waals surface area contributed by atoms with Crippen molar-refractivity contribution in [2.24, 2.45) is 0 Å². The standard InChI is InChI=1S/C25H21Cl2N3O3/c1-13(31)4-5-15-6-7-21-18(10-15)22-17(8-9-28-25(22)32)24(29-21)30-23-19(26)11-16(12-20(23)27)14(2)33-3/h6-14,31H,1-3H3,(H,28,32)(H,29,30)/t13-,14-/m1/s1. The van der Waals surface area contributed by atoms with Gasteiger partial charge < -0.3 is 20.1 Å². The smallest absolute Gasteiger partial charge is 0.256 e. The van der Waals surface area contributed by atoms with Gasteiger partial charge in [-0.2, -0.15) is 0 Å². The molecular formula is C25H21Cl2N3O3. The Bertz CT molecular complexity index is 1460. The highest BCUT2D eigenvalue weighted by molar-refractivity contribution is 6.39. The van der Waals surface area contributed by atoms with E-state index in [1.807, 2.05) is 6.92 Å². The van der Waals surface area contributed by atoms with Gasteiger partial charge in [-0.05, 0) is 55.8 Å². The first kappa shape index (κ1) is 23.1. The number of ether oxygens (including phenoxy) is 1. The SMILES string of the molecule is CO[C@H](C)c1cc(Cl)c(Nc2nc3ccc(C#C[C@@H](C)O)cc3c3c(=O)[nH]ccc23)c(Cl)c1. The van der Waals surface area contributed by atoms with Crippen LogP contribution in [0, 0.1) is 11.8 Å². The number of pyridine rings is 2. The van der Waals surface area contributed by atoms with Crippen molar-refractivity contribution >= 4 is 56.4 Å². The molecular weight excluding hydrogens is 461 g/mol. The van der Waals surface area contributed by atoms with E-state index in [0.29, 0.717) is 48.8 Å². The van der Waals surface area contributed by atoms with Crippen LogP contribution in [0.4, 0.5) is 11.5 Å². The van der Waals surface area contributed by atoms with Crippen LogP contribution in [0.1, 0.15) is 31.1 Å². The molecule has 0 radical (unpaired) electrons. The van der Waals surface area contributed by atoms with Crippen LogP contribution >= 0.6 is 23.2 Å². The summed E-state index contributed by atoms with van der Waals surface area (Å²) in [5.41, 5.74) is 2.34.